The van der Waals surface area contributed by atoms with E-state index in [1.54, 1.807) is 11.3 Å². The lowest BCUT2D eigenvalue weighted by molar-refractivity contribution is 0.179. The van der Waals surface area contributed by atoms with E-state index in [-0.39, 0.29) is 0 Å². The van der Waals surface area contributed by atoms with Crippen molar-refractivity contribution in [2.75, 3.05) is 0 Å². The zero-order valence-electron chi connectivity index (χ0n) is 12.5. The van der Waals surface area contributed by atoms with Gasteiger partial charge in [0, 0.05) is 23.2 Å². The number of halogens is 1. The Balaban J connectivity index is 1.81. The second kappa shape index (κ2) is 6.23. The summed E-state index contributed by atoms with van der Waals surface area (Å²) in [4.78, 5) is 2.59. The van der Waals surface area contributed by atoms with Crippen LogP contribution in [0.15, 0.2) is 10.5 Å². The van der Waals surface area contributed by atoms with E-state index in [2.05, 4.69) is 27.1 Å². The molecule has 0 bridgehead atoms. The highest BCUT2D eigenvalue weighted by atomic mass is 79.9. The molecule has 3 nitrogen and oxygen atoms in total. The average molecular weight is 369 g/mol. The molecule has 2 aromatic rings. The Bertz CT molecular complexity index is 623. The molecule has 3 rings (SSSR count). The predicted octanol–water partition coefficient (Wildman–Crippen LogP) is 4.10. The third kappa shape index (κ3) is 3.10. The van der Waals surface area contributed by atoms with Crippen LogP contribution < -0.4 is 0 Å². The molecule has 0 radical (unpaired) electrons. The van der Waals surface area contributed by atoms with Gasteiger partial charge in [0.25, 0.3) is 0 Å². The van der Waals surface area contributed by atoms with Gasteiger partial charge < -0.3 is 5.11 Å². The summed E-state index contributed by atoms with van der Waals surface area (Å²) < 4.78 is 2.88. The molecule has 1 atom stereocenters. The monoisotopic (exact) mass is 368 g/mol. The number of hydrogen-bond donors (Lipinski definition) is 1. The van der Waals surface area contributed by atoms with Crippen LogP contribution in [-0.2, 0) is 26.3 Å². The first-order chi connectivity index (χ1) is 10.1. The minimum atomic E-state index is -0.437. The molecule has 2 heterocycles. The van der Waals surface area contributed by atoms with Crippen LogP contribution in [0.2, 0.25) is 0 Å². The van der Waals surface area contributed by atoms with E-state index in [0.717, 1.165) is 20.7 Å². The maximum absolute atomic E-state index is 10.6. The molecular weight excluding hydrogens is 348 g/mol. The summed E-state index contributed by atoms with van der Waals surface area (Å²) in [7, 11) is 1.93. The zero-order valence-corrected chi connectivity index (χ0v) is 14.9. The first-order valence-corrected chi connectivity index (χ1v) is 9.14. The first-order valence-electron chi connectivity index (χ1n) is 7.53. The fraction of sp³-hybridized carbons (Fsp3) is 0.562. The van der Waals surface area contributed by atoms with Gasteiger partial charge in [-0.2, -0.15) is 5.10 Å². The number of aliphatic hydroxyl groups excluding tert-OH is 1. The third-order valence-electron chi connectivity index (χ3n) is 4.24. The molecule has 0 saturated carbocycles. The molecule has 5 heteroatoms. The smallest absolute Gasteiger partial charge is 0.0937 e. The van der Waals surface area contributed by atoms with Gasteiger partial charge in [0.05, 0.1) is 22.0 Å². The van der Waals surface area contributed by atoms with Crippen molar-refractivity contribution in [3.8, 4) is 0 Å². The van der Waals surface area contributed by atoms with E-state index < -0.39 is 6.10 Å². The minimum absolute atomic E-state index is 0.437. The summed E-state index contributed by atoms with van der Waals surface area (Å²) in [6, 6.07) is 2.23. The van der Waals surface area contributed by atoms with Gasteiger partial charge in [0.15, 0.2) is 0 Å². The van der Waals surface area contributed by atoms with Crippen molar-refractivity contribution in [3.63, 3.8) is 0 Å². The molecule has 0 aliphatic heterocycles. The van der Waals surface area contributed by atoms with Crippen LogP contribution in [0, 0.1) is 6.92 Å². The fourth-order valence-electron chi connectivity index (χ4n) is 3.04. The highest BCUT2D eigenvalue weighted by molar-refractivity contribution is 9.10. The van der Waals surface area contributed by atoms with E-state index in [1.165, 1.54) is 42.5 Å². The van der Waals surface area contributed by atoms with Crippen LogP contribution >= 0.6 is 27.3 Å². The van der Waals surface area contributed by atoms with Crippen molar-refractivity contribution < 1.29 is 5.11 Å². The van der Waals surface area contributed by atoms with Gasteiger partial charge in [-0.1, -0.05) is 6.42 Å². The number of aryl methyl sites for hydroxylation is 4. The minimum Gasteiger partial charge on any atom is -0.387 e. The average Bonchev–Trinajstić information content (AvgIpc) is 2.86. The fourth-order valence-corrected chi connectivity index (χ4v) is 4.78. The molecule has 2 aromatic heterocycles. The number of aromatic nitrogens is 2. The van der Waals surface area contributed by atoms with Crippen LogP contribution in [0.1, 0.15) is 52.1 Å². The molecule has 1 N–H and O–H groups in total. The lowest BCUT2D eigenvalue weighted by Crippen LogP contribution is -2.05. The second-order valence-electron chi connectivity index (χ2n) is 5.85. The van der Waals surface area contributed by atoms with E-state index in [4.69, 9.17) is 0 Å². The number of nitrogens with zero attached hydrogens (tertiary/aromatic N) is 2. The van der Waals surface area contributed by atoms with Crippen LogP contribution in [0.4, 0.5) is 0 Å². The Labute approximate surface area is 138 Å². The van der Waals surface area contributed by atoms with E-state index >= 15 is 0 Å². The molecule has 21 heavy (non-hydrogen) atoms. The Morgan fingerprint density at radius 2 is 2.14 bits per heavy atom. The van der Waals surface area contributed by atoms with Gasteiger partial charge in [0.1, 0.15) is 0 Å². The number of thiophene rings is 1. The maximum Gasteiger partial charge on any atom is 0.0937 e. The third-order valence-corrected chi connectivity index (χ3v) is 6.61. The lowest BCUT2D eigenvalue weighted by Gasteiger charge is -2.09. The molecular formula is C16H21BrN2OS. The highest BCUT2D eigenvalue weighted by Crippen LogP contribution is 2.34. The van der Waals surface area contributed by atoms with E-state index in [1.807, 2.05) is 18.7 Å². The SMILES string of the molecule is Cc1nn(C)c(CC(O)c2cc3c(s2)CCCCC3)c1Br. The first kappa shape index (κ1) is 15.3. The zero-order chi connectivity index (χ0) is 15.0. The second-order valence-corrected chi connectivity index (χ2v) is 7.81. The number of fused-ring (bicyclic) bond motifs is 1. The van der Waals surface area contributed by atoms with Crippen LogP contribution in [0.5, 0.6) is 0 Å². The van der Waals surface area contributed by atoms with Crippen molar-refractivity contribution in [2.45, 2.75) is 51.6 Å². The predicted molar refractivity (Wildman–Crippen MR) is 89.9 cm³/mol. The molecule has 0 spiro atoms. The standard InChI is InChI=1S/C16H21BrN2OS/c1-10-16(17)12(19(2)18-10)9-13(20)15-8-11-6-4-3-5-7-14(11)21-15/h8,13,20H,3-7,9H2,1-2H3. The summed E-state index contributed by atoms with van der Waals surface area (Å²) in [5, 5.41) is 15.0. The molecule has 0 amide bonds. The molecule has 0 saturated heterocycles. The van der Waals surface area contributed by atoms with Crippen LogP contribution in [0.25, 0.3) is 0 Å². The molecule has 114 valence electrons. The van der Waals surface area contributed by atoms with Crippen molar-refractivity contribution in [1.82, 2.24) is 9.78 Å². The van der Waals surface area contributed by atoms with Crippen molar-refractivity contribution in [1.29, 1.82) is 0 Å². The molecule has 1 unspecified atom stereocenters. The van der Waals surface area contributed by atoms with Crippen LogP contribution in [-0.4, -0.2) is 14.9 Å². The molecule has 0 aromatic carbocycles. The molecule has 1 aliphatic rings. The van der Waals surface area contributed by atoms with Gasteiger partial charge in [-0.15, -0.1) is 11.3 Å². The number of rotatable bonds is 3. The van der Waals surface area contributed by atoms with Gasteiger partial charge in [-0.3, -0.25) is 4.68 Å². The Hall–Kier alpha value is -0.650. The summed E-state index contributed by atoms with van der Waals surface area (Å²) >= 11 is 5.38. The van der Waals surface area contributed by atoms with Gasteiger partial charge in [-0.05, 0) is 60.2 Å². The number of hydrogen-bond acceptors (Lipinski definition) is 3. The van der Waals surface area contributed by atoms with E-state index in [0.29, 0.717) is 6.42 Å². The maximum atomic E-state index is 10.6. The lowest BCUT2D eigenvalue weighted by atomic mass is 10.1. The van der Waals surface area contributed by atoms with Crippen molar-refractivity contribution in [3.05, 3.63) is 37.2 Å². The van der Waals surface area contributed by atoms with Crippen molar-refractivity contribution >= 4 is 27.3 Å². The van der Waals surface area contributed by atoms with Gasteiger partial charge >= 0.3 is 0 Å². The van der Waals surface area contributed by atoms with Crippen molar-refractivity contribution in [2.24, 2.45) is 7.05 Å². The molecule has 1 aliphatic carbocycles. The summed E-state index contributed by atoms with van der Waals surface area (Å²) in [6.07, 6.45) is 6.43. The summed E-state index contributed by atoms with van der Waals surface area (Å²) in [5.74, 6) is 0. The quantitative estimate of drug-likeness (QED) is 0.828. The van der Waals surface area contributed by atoms with Gasteiger partial charge in [0.2, 0.25) is 0 Å². The Kier molecular flexibility index (Phi) is 4.52. The largest absolute Gasteiger partial charge is 0.387 e. The number of aliphatic hydroxyl groups is 1. The summed E-state index contributed by atoms with van der Waals surface area (Å²) in [6.45, 7) is 1.98. The summed E-state index contributed by atoms with van der Waals surface area (Å²) in [5.41, 5.74) is 3.50. The van der Waals surface area contributed by atoms with Gasteiger partial charge in [-0.25, -0.2) is 0 Å². The highest BCUT2D eigenvalue weighted by Gasteiger charge is 2.20. The topological polar surface area (TPSA) is 38.0 Å². The Morgan fingerprint density at radius 3 is 2.86 bits per heavy atom. The van der Waals surface area contributed by atoms with E-state index in [9.17, 15) is 5.11 Å². The normalized spacial score (nSPS) is 16.6. The molecule has 0 fully saturated rings. The Morgan fingerprint density at radius 1 is 1.38 bits per heavy atom. The van der Waals surface area contributed by atoms with Crippen LogP contribution in [0.3, 0.4) is 0 Å².